The van der Waals surface area contributed by atoms with Gasteiger partial charge in [0.2, 0.25) is 11.0 Å². The number of anilines is 2. The number of aromatic nitrogens is 2. The quantitative estimate of drug-likeness (QED) is 0.482. The van der Waals surface area contributed by atoms with Crippen LogP contribution in [0.1, 0.15) is 31.7 Å². The van der Waals surface area contributed by atoms with E-state index in [1.54, 1.807) is 7.11 Å². The Morgan fingerprint density at radius 3 is 2.76 bits per heavy atom. The molecule has 8 heteroatoms. The molecule has 0 aliphatic carbocycles. The first-order valence-corrected chi connectivity index (χ1v) is 10.0. The number of rotatable bonds is 10. The lowest BCUT2D eigenvalue weighted by molar-refractivity contribution is -0.113. The van der Waals surface area contributed by atoms with E-state index in [1.165, 1.54) is 28.7 Å². The topological polar surface area (TPSA) is 76.1 Å². The van der Waals surface area contributed by atoms with E-state index in [1.807, 2.05) is 12.1 Å². The van der Waals surface area contributed by atoms with Gasteiger partial charge in [-0.05, 0) is 30.0 Å². The van der Waals surface area contributed by atoms with Crippen LogP contribution < -0.4 is 10.6 Å². The van der Waals surface area contributed by atoms with Crippen LogP contribution in [0.4, 0.5) is 10.8 Å². The lowest BCUT2D eigenvalue weighted by atomic mass is 9.99. The SMILES string of the molecule is CC[C@H](C)c1ccc(NC(=O)CSc2nnc(NCCOC)s2)cc1. The van der Waals surface area contributed by atoms with E-state index in [0.717, 1.165) is 21.6 Å². The third kappa shape index (κ3) is 6.64. The fourth-order valence-electron chi connectivity index (χ4n) is 2.05. The van der Waals surface area contributed by atoms with Gasteiger partial charge in [-0.3, -0.25) is 4.79 Å². The fraction of sp³-hybridized carbons (Fsp3) is 0.471. The number of ether oxygens (including phenoxy) is 1. The highest BCUT2D eigenvalue weighted by molar-refractivity contribution is 8.01. The molecule has 2 N–H and O–H groups in total. The van der Waals surface area contributed by atoms with Gasteiger partial charge < -0.3 is 15.4 Å². The Morgan fingerprint density at radius 2 is 2.08 bits per heavy atom. The number of hydrogen-bond acceptors (Lipinski definition) is 7. The predicted octanol–water partition coefficient (Wildman–Crippen LogP) is 3.84. The van der Waals surface area contributed by atoms with Gasteiger partial charge >= 0.3 is 0 Å². The zero-order chi connectivity index (χ0) is 18.1. The molecule has 2 rings (SSSR count). The number of hydrogen-bond donors (Lipinski definition) is 2. The number of carbonyl (C=O) groups is 1. The molecular weight excluding hydrogens is 356 g/mol. The summed E-state index contributed by atoms with van der Waals surface area (Å²) >= 11 is 2.81. The largest absolute Gasteiger partial charge is 0.383 e. The van der Waals surface area contributed by atoms with Crippen molar-refractivity contribution in [3.8, 4) is 0 Å². The van der Waals surface area contributed by atoms with Crippen molar-refractivity contribution in [2.75, 3.05) is 36.6 Å². The number of methoxy groups -OCH3 is 1. The van der Waals surface area contributed by atoms with Crippen molar-refractivity contribution < 1.29 is 9.53 Å². The van der Waals surface area contributed by atoms with E-state index in [9.17, 15) is 4.79 Å². The first-order chi connectivity index (χ1) is 12.1. The van der Waals surface area contributed by atoms with Crippen LogP contribution in [0, 0.1) is 0 Å². The molecule has 1 aromatic carbocycles. The van der Waals surface area contributed by atoms with Gasteiger partial charge in [-0.2, -0.15) is 0 Å². The van der Waals surface area contributed by atoms with Crippen LogP contribution in [0.5, 0.6) is 0 Å². The minimum Gasteiger partial charge on any atom is -0.383 e. The molecule has 1 heterocycles. The third-order valence-electron chi connectivity index (χ3n) is 3.69. The van der Waals surface area contributed by atoms with Crippen molar-refractivity contribution in [2.24, 2.45) is 0 Å². The Bertz CT molecular complexity index is 661. The number of amides is 1. The summed E-state index contributed by atoms with van der Waals surface area (Å²) in [5, 5.41) is 14.9. The van der Waals surface area contributed by atoms with E-state index in [4.69, 9.17) is 4.74 Å². The Morgan fingerprint density at radius 1 is 1.32 bits per heavy atom. The van der Waals surface area contributed by atoms with Crippen LogP contribution >= 0.6 is 23.1 Å². The number of benzene rings is 1. The highest BCUT2D eigenvalue weighted by Crippen LogP contribution is 2.25. The molecule has 25 heavy (non-hydrogen) atoms. The number of nitrogens with zero attached hydrogens (tertiary/aromatic N) is 2. The first-order valence-electron chi connectivity index (χ1n) is 8.21. The summed E-state index contributed by atoms with van der Waals surface area (Å²) in [7, 11) is 1.65. The van der Waals surface area contributed by atoms with E-state index < -0.39 is 0 Å². The second-order valence-corrected chi connectivity index (χ2v) is 7.76. The molecule has 0 bridgehead atoms. The summed E-state index contributed by atoms with van der Waals surface area (Å²) in [5.74, 6) is 0.787. The molecule has 6 nitrogen and oxygen atoms in total. The molecule has 0 unspecified atom stereocenters. The van der Waals surface area contributed by atoms with Gasteiger partial charge in [0.25, 0.3) is 0 Å². The van der Waals surface area contributed by atoms with Crippen LogP contribution in [0.15, 0.2) is 28.6 Å². The minimum absolute atomic E-state index is 0.0506. The van der Waals surface area contributed by atoms with Crippen molar-refractivity contribution in [3.63, 3.8) is 0 Å². The van der Waals surface area contributed by atoms with Crippen molar-refractivity contribution in [2.45, 2.75) is 30.5 Å². The number of nitrogens with one attached hydrogen (secondary N) is 2. The minimum atomic E-state index is -0.0506. The summed E-state index contributed by atoms with van der Waals surface area (Å²) < 4.78 is 5.73. The van der Waals surface area contributed by atoms with Crippen LogP contribution in [-0.2, 0) is 9.53 Å². The average molecular weight is 381 g/mol. The molecule has 136 valence electrons. The summed E-state index contributed by atoms with van der Waals surface area (Å²) in [6.45, 7) is 5.66. The van der Waals surface area contributed by atoms with E-state index in [0.29, 0.717) is 24.8 Å². The molecule has 1 amide bonds. The van der Waals surface area contributed by atoms with Gasteiger partial charge in [-0.1, -0.05) is 49.1 Å². The van der Waals surface area contributed by atoms with Crippen LogP contribution in [-0.4, -0.2) is 42.1 Å². The lowest BCUT2D eigenvalue weighted by Crippen LogP contribution is -2.13. The van der Waals surface area contributed by atoms with Crippen LogP contribution in [0.2, 0.25) is 0 Å². The Kier molecular flexibility index (Phi) is 8.17. The van der Waals surface area contributed by atoms with E-state index in [-0.39, 0.29) is 5.91 Å². The Balaban J connectivity index is 1.77. The standard InChI is InChI=1S/C17H24N4O2S2/c1-4-12(2)13-5-7-14(8-6-13)19-15(22)11-24-17-21-20-16(25-17)18-9-10-23-3/h5-8,12H,4,9-11H2,1-3H3,(H,18,20)(H,19,22)/t12-/m0/s1. The lowest BCUT2D eigenvalue weighted by Gasteiger charge is -2.10. The molecule has 0 fully saturated rings. The zero-order valence-electron chi connectivity index (χ0n) is 14.7. The summed E-state index contributed by atoms with van der Waals surface area (Å²) in [6.07, 6.45) is 1.10. The Labute approximate surface area is 156 Å². The maximum Gasteiger partial charge on any atom is 0.234 e. The fourth-order valence-corrected chi connectivity index (χ4v) is 3.63. The number of carbonyl (C=O) groups excluding carboxylic acids is 1. The van der Waals surface area contributed by atoms with Gasteiger partial charge in [0.05, 0.1) is 12.4 Å². The second kappa shape index (κ2) is 10.4. The maximum absolute atomic E-state index is 12.1. The maximum atomic E-state index is 12.1. The predicted molar refractivity (Wildman–Crippen MR) is 105 cm³/mol. The molecule has 0 spiro atoms. The normalized spacial score (nSPS) is 12.0. The second-order valence-electron chi connectivity index (χ2n) is 5.56. The van der Waals surface area contributed by atoms with Crippen LogP contribution in [0.3, 0.4) is 0 Å². The van der Waals surface area contributed by atoms with Gasteiger partial charge in [0.15, 0.2) is 4.34 Å². The first kappa shape index (κ1) is 19.7. The highest BCUT2D eigenvalue weighted by atomic mass is 32.2. The van der Waals surface area contributed by atoms with Crippen molar-refractivity contribution in [1.82, 2.24) is 10.2 Å². The van der Waals surface area contributed by atoms with Crippen LogP contribution in [0.25, 0.3) is 0 Å². The zero-order valence-corrected chi connectivity index (χ0v) is 16.4. The molecule has 0 aliphatic rings. The molecule has 1 atom stereocenters. The Hall–Kier alpha value is -1.64. The third-order valence-corrected chi connectivity index (χ3v) is 5.71. The smallest absolute Gasteiger partial charge is 0.234 e. The molecular formula is C17H24N4O2S2. The van der Waals surface area contributed by atoms with Gasteiger partial charge in [-0.25, -0.2) is 0 Å². The van der Waals surface area contributed by atoms with Crippen molar-refractivity contribution >= 4 is 39.8 Å². The molecule has 0 radical (unpaired) electrons. The highest BCUT2D eigenvalue weighted by Gasteiger charge is 2.09. The van der Waals surface area contributed by atoms with Gasteiger partial charge in [0, 0.05) is 19.3 Å². The monoisotopic (exact) mass is 380 g/mol. The summed E-state index contributed by atoms with van der Waals surface area (Å²) in [5.41, 5.74) is 2.11. The van der Waals surface area contributed by atoms with Crippen molar-refractivity contribution in [3.05, 3.63) is 29.8 Å². The van der Waals surface area contributed by atoms with Gasteiger partial charge in [-0.15, -0.1) is 10.2 Å². The summed E-state index contributed by atoms with van der Waals surface area (Å²) in [4.78, 5) is 12.1. The molecule has 1 aromatic heterocycles. The van der Waals surface area contributed by atoms with Gasteiger partial charge in [0.1, 0.15) is 0 Å². The molecule has 0 aliphatic heterocycles. The molecule has 2 aromatic rings. The molecule has 0 saturated carbocycles. The van der Waals surface area contributed by atoms with Crippen molar-refractivity contribution in [1.29, 1.82) is 0 Å². The number of thioether (sulfide) groups is 1. The summed E-state index contributed by atoms with van der Waals surface area (Å²) in [6, 6.07) is 8.04. The van der Waals surface area contributed by atoms with E-state index in [2.05, 4.69) is 46.8 Å². The molecule has 0 saturated heterocycles. The average Bonchev–Trinajstić information content (AvgIpc) is 3.08. The van der Waals surface area contributed by atoms with E-state index >= 15 is 0 Å².